The molecule has 6 nitrogen and oxygen atoms in total. The lowest BCUT2D eigenvalue weighted by Gasteiger charge is -2.33. The van der Waals surface area contributed by atoms with Gasteiger partial charge in [-0.15, -0.1) is 0 Å². The first-order valence-corrected chi connectivity index (χ1v) is 5.19. The van der Waals surface area contributed by atoms with Crippen LogP contribution in [0.4, 0.5) is 0 Å². The van der Waals surface area contributed by atoms with E-state index in [1.807, 2.05) is 0 Å². The number of morpholine rings is 1. The summed E-state index contributed by atoms with van der Waals surface area (Å²) in [5.74, 6) is -1.04. The highest BCUT2D eigenvalue weighted by Crippen LogP contribution is 2.10. The highest BCUT2D eigenvalue weighted by Gasteiger charge is 2.28. The molecule has 1 heterocycles. The van der Waals surface area contributed by atoms with Crippen LogP contribution in [0.15, 0.2) is 0 Å². The number of rotatable bonds is 4. The second-order valence-electron chi connectivity index (χ2n) is 3.75. The molecule has 0 aromatic heterocycles. The van der Waals surface area contributed by atoms with Gasteiger partial charge in [-0.2, -0.15) is 0 Å². The minimum atomic E-state index is -0.918. The van der Waals surface area contributed by atoms with Crippen LogP contribution in [0.25, 0.3) is 0 Å². The van der Waals surface area contributed by atoms with Gasteiger partial charge in [0, 0.05) is 20.2 Å². The Hall–Kier alpha value is -1.14. The average Bonchev–Trinajstić information content (AvgIpc) is 2.26. The molecular weight excluding hydrogens is 214 g/mol. The van der Waals surface area contributed by atoms with Gasteiger partial charge in [0.05, 0.1) is 19.1 Å². The Morgan fingerprint density at radius 2 is 2.31 bits per heavy atom. The van der Waals surface area contributed by atoms with Crippen LogP contribution in [0.3, 0.4) is 0 Å². The Bertz CT molecular complexity index is 268. The minimum absolute atomic E-state index is 0.0782. The molecule has 1 fully saturated rings. The number of nitrogens with zero attached hydrogens (tertiary/aromatic N) is 1. The zero-order valence-corrected chi connectivity index (χ0v) is 9.51. The molecule has 1 aliphatic rings. The lowest BCUT2D eigenvalue weighted by Crippen LogP contribution is -2.49. The van der Waals surface area contributed by atoms with Gasteiger partial charge in [0.1, 0.15) is 6.10 Å². The number of methoxy groups -OCH3 is 1. The molecule has 6 heteroatoms. The Labute approximate surface area is 94.1 Å². The zero-order valence-electron chi connectivity index (χ0n) is 9.51. The molecule has 16 heavy (non-hydrogen) atoms. The normalized spacial score (nSPS) is 22.9. The Morgan fingerprint density at radius 3 is 2.88 bits per heavy atom. The van der Waals surface area contributed by atoms with Gasteiger partial charge in [-0.05, 0) is 6.92 Å². The van der Waals surface area contributed by atoms with Gasteiger partial charge in [0.2, 0.25) is 0 Å². The van der Waals surface area contributed by atoms with Crippen LogP contribution < -0.4 is 0 Å². The van der Waals surface area contributed by atoms with Crippen LogP contribution in [0, 0.1) is 0 Å². The van der Waals surface area contributed by atoms with Crippen molar-refractivity contribution in [3.05, 3.63) is 0 Å². The van der Waals surface area contributed by atoms with Crippen molar-refractivity contribution in [2.45, 2.75) is 25.6 Å². The monoisotopic (exact) mass is 231 g/mol. The van der Waals surface area contributed by atoms with Crippen molar-refractivity contribution in [1.82, 2.24) is 4.90 Å². The maximum absolute atomic E-state index is 11.8. The Kier molecular flexibility index (Phi) is 4.70. The molecule has 0 radical (unpaired) electrons. The molecule has 1 saturated heterocycles. The summed E-state index contributed by atoms with van der Waals surface area (Å²) in [6.07, 6.45) is -0.992. The second-order valence-corrected chi connectivity index (χ2v) is 3.75. The van der Waals surface area contributed by atoms with Crippen molar-refractivity contribution >= 4 is 11.9 Å². The molecule has 2 unspecified atom stereocenters. The van der Waals surface area contributed by atoms with E-state index in [-0.39, 0.29) is 12.3 Å². The van der Waals surface area contributed by atoms with Gasteiger partial charge >= 0.3 is 5.97 Å². The van der Waals surface area contributed by atoms with E-state index in [1.54, 1.807) is 11.8 Å². The van der Waals surface area contributed by atoms with E-state index >= 15 is 0 Å². The lowest BCUT2D eigenvalue weighted by molar-refractivity contribution is -0.153. The molecular formula is C10H17NO5. The quantitative estimate of drug-likeness (QED) is 0.720. The predicted molar refractivity (Wildman–Crippen MR) is 55.0 cm³/mol. The van der Waals surface area contributed by atoms with Gasteiger partial charge < -0.3 is 19.5 Å². The molecule has 1 N–H and O–H groups in total. The van der Waals surface area contributed by atoms with Gasteiger partial charge in [-0.1, -0.05) is 0 Å². The first-order valence-electron chi connectivity index (χ1n) is 5.19. The molecule has 2 atom stereocenters. The summed E-state index contributed by atoms with van der Waals surface area (Å²) in [7, 11) is 1.47. The lowest BCUT2D eigenvalue weighted by atomic mass is 10.2. The Morgan fingerprint density at radius 1 is 1.62 bits per heavy atom. The SMILES string of the molecule is COC(C)C(=O)N1CCOC(CC(=O)O)C1. The van der Waals surface area contributed by atoms with Crippen molar-refractivity contribution in [3.8, 4) is 0 Å². The highest BCUT2D eigenvalue weighted by atomic mass is 16.5. The summed E-state index contributed by atoms with van der Waals surface area (Å²) in [6.45, 7) is 2.85. The maximum atomic E-state index is 11.8. The van der Waals surface area contributed by atoms with Crippen LogP contribution in [-0.4, -0.2) is 60.9 Å². The van der Waals surface area contributed by atoms with Gasteiger partial charge in [-0.3, -0.25) is 9.59 Å². The Balaban J connectivity index is 2.49. The van der Waals surface area contributed by atoms with Crippen molar-refractivity contribution in [2.24, 2.45) is 0 Å². The molecule has 1 amide bonds. The number of carboxylic acids is 1. The third kappa shape index (κ3) is 3.46. The standard InChI is InChI=1S/C10H17NO5/c1-7(15-2)10(14)11-3-4-16-8(6-11)5-9(12)13/h7-8H,3-6H2,1-2H3,(H,12,13). The average molecular weight is 231 g/mol. The highest BCUT2D eigenvalue weighted by molar-refractivity contribution is 5.80. The fourth-order valence-electron chi connectivity index (χ4n) is 1.60. The maximum Gasteiger partial charge on any atom is 0.306 e. The molecule has 92 valence electrons. The number of aliphatic carboxylic acids is 1. The molecule has 1 rings (SSSR count). The van der Waals surface area contributed by atoms with Crippen molar-refractivity contribution < 1.29 is 24.2 Å². The molecule has 1 aliphatic heterocycles. The molecule has 0 aliphatic carbocycles. The van der Waals surface area contributed by atoms with E-state index in [4.69, 9.17) is 14.6 Å². The topological polar surface area (TPSA) is 76.1 Å². The van der Waals surface area contributed by atoms with E-state index in [2.05, 4.69) is 0 Å². The van der Waals surface area contributed by atoms with Crippen LogP contribution in [0.1, 0.15) is 13.3 Å². The fraction of sp³-hybridized carbons (Fsp3) is 0.800. The van der Waals surface area contributed by atoms with E-state index in [9.17, 15) is 9.59 Å². The van der Waals surface area contributed by atoms with E-state index in [0.29, 0.717) is 19.7 Å². The van der Waals surface area contributed by atoms with Crippen LogP contribution >= 0.6 is 0 Å². The first-order chi connectivity index (χ1) is 7.54. The molecule has 0 bridgehead atoms. The van der Waals surface area contributed by atoms with Gasteiger partial charge in [0.15, 0.2) is 0 Å². The summed E-state index contributed by atoms with van der Waals surface area (Å²) in [4.78, 5) is 23.9. The minimum Gasteiger partial charge on any atom is -0.481 e. The zero-order chi connectivity index (χ0) is 12.1. The van der Waals surface area contributed by atoms with Crippen molar-refractivity contribution in [1.29, 1.82) is 0 Å². The third-order valence-electron chi connectivity index (χ3n) is 2.55. The largest absolute Gasteiger partial charge is 0.481 e. The molecule has 0 spiro atoms. The fourth-order valence-corrected chi connectivity index (χ4v) is 1.60. The smallest absolute Gasteiger partial charge is 0.306 e. The van der Waals surface area contributed by atoms with Gasteiger partial charge in [0.25, 0.3) is 5.91 Å². The molecule has 0 aromatic carbocycles. The van der Waals surface area contributed by atoms with E-state index < -0.39 is 18.2 Å². The number of carboxylic acid groups (broad SMARTS) is 1. The number of carbonyl (C=O) groups excluding carboxylic acids is 1. The number of hydrogen-bond donors (Lipinski definition) is 1. The van der Waals surface area contributed by atoms with E-state index in [1.165, 1.54) is 7.11 Å². The van der Waals surface area contributed by atoms with Crippen LogP contribution in [-0.2, 0) is 19.1 Å². The first kappa shape index (κ1) is 12.9. The number of amides is 1. The predicted octanol–water partition coefficient (Wildman–Crippen LogP) is -0.277. The van der Waals surface area contributed by atoms with Crippen molar-refractivity contribution in [3.63, 3.8) is 0 Å². The summed E-state index contributed by atoms with van der Waals surface area (Å²) >= 11 is 0. The third-order valence-corrected chi connectivity index (χ3v) is 2.55. The summed E-state index contributed by atoms with van der Waals surface area (Å²) in [6, 6.07) is 0. The number of hydrogen-bond acceptors (Lipinski definition) is 4. The van der Waals surface area contributed by atoms with Crippen LogP contribution in [0.5, 0.6) is 0 Å². The number of ether oxygens (including phenoxy) is 2. The van der Waals surface area contributed by atoms with Gasteiger partial charge in [-0.25, -0.2) is 0 Å². The summed E-state index contributed by atoms with van der Waals surface area (Å²) in [5, 5.41) is 8.64. The van der Waals surface area contributed by atoms with E-state index in [0.717, 1.165) is 0 Å². The summed E-state index contributed by atoms with van der Waals surface area (Å²) < 4.78 is 10.2. The van der Waals surface area contributed by atoms with Crippen molar-refractivity contribution in [2.75, 3.05) is 26.8 Å². The number of carbonyl (C=O) groups is 2. The molecule has 0 saturated carbocycles. The molecule has 0 aromatic rings. The second kappa shape index (κ2) is 5.81. The van der Waals surface area contributed by atoms with Crippen LogP contribution in [0.2, 0.25) is 0 Å². The summed E-state index contributed by atoms with van der Waals surface area (Å²) in [5.41, 5.74) is 0.